The number of halogens is 2. The standard InChI is InChI=1S/C26H20BrFN2O3/c1-15-6-7-16(2)23(10-15)30-25(32)22(24(31)29-26(30)33)14-19-13-20(27)9-8-18(19)11-17-4-3-5-21(28)12-17/h3-10,12-14H,11H2,1-2H3,(H,29,31,33)/b22-14+. The second kappa shape index (κ2) is 9.11. The SMILES string of the molecule is Cc1ccc(C)c(N2C(=O)NC(=O)/C(=C\c3cc(Br)ccc3Cc3cccc(F)c3)C2=O)c1. The zero-order valence-electron chi connectivity index (χ0n) is 18.0. The topological polar surface area (TPSA) is 66.5 Å². The molecule has 0 aromatic heterocycles. The number of nitrogens with zero attached hydrogens (tertiary/aromatic N) is 1. The zero-order valence-corrected chi connectivity index (χ0v) is 19.6. The molecule has 7 heteroatoms. The van der Waals surface area contributed by atoms with Crippen molar-refractivity contribution in [3.63, 3.8) is 0 Å². The molecular formula is C26H20BrFN2O3. The van der Waals surface area contributed by atoms with Gasteiger partial charge in [-0.15, -0.1) is 0 Å². The lowest BCUT2D eigenvalue weighted by Crippen LogP contribution is -2.54. The van der Waals surface area contributed by atoms with Crippen molar-refractivity contribution < 1.29 is 18.8 Å². The first-order valence-corrected chi connectivity index (χ1v) is 11.0. The van der Waals surface area contributed by atoms with Gasteiger partial charge in [-0.1, -0.05) is 46.3 Å². The lowest BCUT2D eigenvalue weighted by atomic mass is 9.97. The summed E-state index contributed by atoms with van der Waals surface area (Å²) in [5.74, 6) is -1.80. The van der Waals surface area contributed by atoms with Crippen molar-refractivity contribution in [3.05, 3.63) is 104 Å². The van der Waals surface area contributed by atoms with Crippen LogP contribution in [0.2, 0.25) is 0 Å². The Balaban J connectivity index is 1.77. The molecule has 0 spiro atoms. The highest BCUT2D eigenvalue weighted by molar-refractivity contribution is 9.10. The van der Waals surface area contributed by atoms with Crippen LogP contribution in [-0.4, -0.2) is 17.8 Å². The Morgan fingerprint density at radius 1 is 1.00 bits per heavy atom. The second-order valence-electron chi connectivity index (χ2n) is 7.90. The van der Waals surface area contributed by atoms with E-state index in [2.05, 4.69) is 21.2 Å². The minimum atomic E-state index is -0.787. The number of hydrogen-bond acceptors (Lipinski definition) is 3. The predicted octanol–water partition coefficient (Wildman–Crippen LogP) is 5.46. The largest absolute Gasteiger partial charge is 0.335 e. The normalized spacial score (nSPS) is 15.2. The minimum absolute atomic E-state index is 0.158. The summed E-state index contributed by atoms with van der Waals surface area (Å²) in [4.78, 5) is 39.5. The fraction of sp³-hybridized carbons (Fsp3) is 0.115. The van der Waals surface area contributed by atoms with Crippen molar-refractivity contribution in [2.75, 3.05) is 4.90 Å². The highest BCUT2D eigenvalue weighted by Crippen LogP contribution is 2.28. The summed E-state index contributed by atoms with van der Waals surface area (Å²) in [6.07, 6.45) is 1.88. The number of amides is 4. The Bertz CT molecular complexity index is 1330. The van der Waals surface area contributed by atoms with Crippen molar-refractivity contribution in [1.82, 2.24) is 5.32 Å². The highest BCUT2D eigenvalue weighted by Gasteiger charge is 2.37. The van der Waals surface area contributed by atoms with E-state index in [1.54, 1.807) is 31.2 Å². The van der Waals surface area contributed by atoms with Gasteiger partial charge in [0.1, 0.15) is 11.4 Å². The molecule has 0 unspecified atom stereocenters. The number of carbonyl (C=O) groups excluding carboxylic acids is 3. The number of urea groups is 1. The van der Waals surface area contributed by atoms with Gasteiger partial charge in [0.15, 0.2) is 0 Å². The van der Waals surface area contributed by atoms with Crippen LogP contribution in [0.25, 0.3) is 6.08 Å². The number of anilines is 1. The van der Waals surface area contributed by atoms with E-state index < -0.39 is 17.8 Å². The zero-order chi connectivity index (χ0) is 23.7. The first-order valence-electron chi connectivity index (χ1n) is 10.2. The third-order valence-corrected chi connectivity index (χ3v) is 5.89. The Hall–Kier alpha value is -3.58. The second-order valence-corrected chi connectivity index (χ2v) is 8.81. The van der Waals surface area contributed by atoms with Gasteiger partial charge < -0.3 is 0 Å². The molecule has 33 heavy (non-hydrogen) atoms. The molecule has 0 radical (unpaired) electrons. The summed E-state index contributed by atoms with van der Waals surface area (Å²) in [6.45, 7) is 3.65. The van der Waals surface area contributed by atoms with E-state index in [1.807, 2.05) is 31.2 Å². The number of carbonyl (C=O) groups is 3. The van der Waals surface area contributed by atoms with Crippen LogP contribution in [0.1, 0.15) is 27.8 Å². The van der Waals surface area contributed by atoms with Crippen molar-refractivity contribution in [3.8, 4) is 0 Å². The first kappa shape index (κ1) is 22.6. The molecule has 1 aliphatic rings. The molecule has 0 saturated carbocycles. The fourth-order valence-electron chi connectivity index (χ4n) is 3.72. The van der Waals surface area contributed by atoms with Crippen LogP contribution in [0.3, 0.4) is 0 Å². The van der Waals surface area contributed by atoms with E-state index in [0.29, 0.717) is 17.7 Å². The number of nitrogens with one attached hydrogen (secondary N) is 1. The van der Waals surface area contributed by atoms with Crippen molar-refractivity contribution in [1.29, 1.82) is 0 Å². The quantitative estimate of drug-likeness (QED) is 0.377. The molecule has 1 aliphatic heterocycles. The summed E-state index contributed by atoms with van der Waals surface area (Å²) >= 11 is 3.42. The number of aryl methyl sites for hydroxylation is 2. The Morgan fingerprint density at radius 3 is 2.55 bits per heavy atom. The molecule has 1 heterocycles. The number of rotatable bonds is 4. The maximum atomic E-state index is 13.7. The molecule has 3 aromatic rings. The summed E-state index contributed by atoms with van der Waals surface area (Å²) < 4.78 is 14.4. The molecule has 0 bridgehead atoms. The maximum absolute atomic E-state index is 13.7. The van der Waals surface area contributed by atoms with Gasteiger partial charge in [0.05, 0.1) is 5.69 Å². The summed E-state index contributed by atoms with van der Waals surface area (Å²) in [6, 6.07) is 16.4. The smallest absolute Gasteiger partial charge is 0.273 e. The van der Waals surface area contributed by atoms with E-state index in [0.717, 1.165) is 31.6 Å². The molecule has 4 amide bonds. The fourth-order valence-corrected chi connectivity index (χ4v) is 4.10. The molecule has 1 saturated heterocycles. The lowest BCUT2D eigenvalue weighted by Gasteiger charge is -2.28. The molecule has 1 fully saturated rings. The van der Waals surface area contributed by atoms with Gasteiger partial charge in [-0.05, 0) is 84.5 Å². The molecule has 5 nitrogen and oxygen atoms in total. The molecule has 4 rings (SSSR count). The number of barbiturate groups is 1. The molecule has 3 aromatic carbocycles. The van der Waals surface area contributed by atoms with Crippen LogP contribution in [0.5, 0.6) is 0 Å². The molecule has 0 aliphatic carbocycles. The average Bonchev–Trinajstić information content (AvgIpc) is 2.75. The minimum Gasteiger partial charge on any atom is -0.273 e. The van der Waals surface area contributed by atoms with Crippen LogP contribution >= 0.6 is 15.9 Å². The number of hydrogen-bond donors (Lipinski definition) is 1. The highest BCUT2D eigenvalue weighted by atomic mass is 79.9. The van der Waals surface area contributed by atoms with Gasteiger partial charge in [0.25, 0.3) is 11.8 Å². The van der Waals surface area contributed by atoms with Gasteiger partial charge in [0, 0.05) is 4.47 Å². The first-order chi connectivity index (χ1) is 15.7. The van der Waals surface area contributed by atoms with Crippen molar-refractivity contribution in [2.45, 2.75) is 20.3 Å². The van der Waals surface area contributed by atoms with Gasteiger partial charge in [-0.25, -0.2) is 14.1 Å². The Kier molecular flexibility index (Phi) is 6.24. The maximum Gasteiger partial charge on any atom is 0.335 e. The van der Waals surface area contributed by atoms with Crippen molar-refractivity contribution in [2.24, 2.45) is 0 Å². The van der Waals surface area contributed by atoms with Crippen LogP contribution in [-0.2, 0) is 16.0 Å². The number of imide groups is 2. The van der Waals surface area contributed by atoms with E-state index in [-0.39, 0.29) is 11.4 Å². The molecular weight excluding hydrogens is 487 g/mol. The monoisotopic (exact) mass is 506 g/mol. The van der Waals surface area contributed by atoms with Crippen molar-refractivity contribution >= 4 is 45.5 Å². The van der Waals surface area contributed by atoms with Crippen LogP contribution in [0, 0.1) is 19.7 Å². The summed E-state index contributed by atoms with van der Waals surface area (Å²) in [7, 11) is 0. The third-order valence-electron chi connectivity index (χ3n) is 5.40. The molecule has 1 N–H and O–H groups in total. The third kappa shape index (κ3) is 4.78. The predicted molar refractivity (Wildman–Crippen MR) is 128 cm³/mol. The lowest BCUT2D eigenvalue weighted by molar-refractivity contribution is -0.122. The van der Waals surface area contributed by atoms with Crippen LogP contribution in [0.15, 0.2) is 70.7 Å². The number of benzene rings is 3. The van der Waals surface area contributed by atoms with Gasteiger partial charge in [-0.2, -0.15) is 0 Å². The Labute approximate surface area is 199 Å². The molecule has 166 valence electrons. The average molecular weight is 507 g/mol. The van der Waals surface area contributed by atoms with E-state index in [4.69, 9.17) is 0 Å². The van der Waals surface area contributed by atoms with E-state index in [1.165, 1.54) is 18.2 Å². The van der Waals surface area contributed by atoms with Gasteiger partial charge in [-0.3, -0.25) is 14.9 Å². The van der Waals surface area contributed by atoms with Crippen LogP contribution < -0.4 is 10.2 Å². The van der Waals surface area contributed by atoms with Gasteiger partial charge >= 0.3 is 6.03 Å². The summed E-state index contributed by atoms with van der Waals surface area (Å²) in [5, 5.41) is 2.26. The summed E-state index contributed by atoms with van der Waals surface area (Å²) in [5.41, 5.74) is 4.03. The Morgan fingerprint density at radius 2 is 1.79 bits per heavy atom. The van der Waals surface area contributed by atoms with E-state index >= 15 is 0 Å². The van der Waals surface area contributed by atoms with Crippen LogP contribution in [0.4, 0.5) is 14.9 Å². The van der Waals surface area contributed by atoms with E-state index in [9.17, 15) is 18.8 Å². The van der Waals surface area contributed by atoms with Gasteiger partial charge in [0.2, 0.25) is 0 Å². The molecule has 0 atom stereocenters.